The smallest absolute Gasteiger partial charge is 1.00 e. The third-order valence-corrected chi connectivity index (χ3v) is 5.00. The van der Waals surface area contributed by atoms with E-state index >= 15 is 0 Å². The van der Waals surface area contributed by atoms with Crippen LogP contribution >= 0.6 is 0 Å². The van der Waals surface area contributed by atoms with Crippen LogP contribution in [0, 0.1) is 0 Å². The van der Waals surface area contributed by atoms with Gasteiger partial charge in [-0.25, -0.2) is 12.1 Å². The molecule has 0 saturated heterocycles. The number of fused-ring (bicyclic) bond motifs is 2. The standard InChI is InChI=1S/C17H12N.C9H13.2ClH.Zr/c1-2-6-14-10-17(9-13(14)5-1)18-11-15-7-3-4-8-16(15)12-18;1-2-3-6-9-7-4-5-8-9;;;/h1-12H;4-5,7-8H,2-3,6H2,1H3;2*1H;/q2*-1;;;+4/p-2. The summed E-state index contributed by atoms with van der Waals surface area (Å²) in [6, 6.07) is 30.0. The maximum absolute atomic E-state index is 2.23. The minimum Gasteiger partial charge on any atom is -1.00 e. The third-order valence-electron chi connectivity index (χ3n) is 5.00. The van der Waals surface area contributed by atoms with Crippen LogP contribution in [0.25, 0.3) is 27.2 Å². The van der Waals surface area contributed by atoms with Gasteiger partial charge in [-0.3, -0.25) is 0 Å². The average Bonchev–Trinajstić information content (AvgIpc) is 3.45. The van der Waals surface area contributed by atoms with Gasteiger partial charge in [-0.2, -0.15) is 17.7 Å². The van der Waals surface area contributed by atoms with Crippen LogP contribution in [-0.4, -0.2) is 4.57 Å². The Bertz CT molecular complexity index is 984. The molecule has 0 amide bonds. The molecule has 0 atom stereocenters. The second kappa shape index (κ2) is 13.0. The summed E-state index contributed by atoms with van der Waals surface area (Å²) in [5, 5.41) is 5.15. The van der Waals surface area contributed by atoms with Crippen molar-refractivity contribution in [2.75, 3.05) is 0 Å². The Morgan fingerprint density at radius 2 is 1.37 bits per heavy atom. The van der Waals surface area contributed by atoms with Gasteiger partial charge in [0.15, 0.2) is 0 Å². The largest absolute Gasteiger partial charge is 4.00 e. The van der Waals surface area contributed by atoms with Crippen molar-refractivity contribution in [3.63, 3.8) is 0 Å². The molecule has 0 aliphatic heterocycles. The molecule has 1 heterocycles. The zero-order chi connectivity index (χ0) is 18.5. The Hall–Kier alpha value is -1.60. The molecule has 0 aliphatic rings. The van der Waals surface area contributed by atoms with Crippen molar-refractivity contribution in [2.24, 2.45) is 0 Å². The summed E-state index contributed by atoms with van der Waals surface area (Å²) in [5.74, 6) is 0. The Kier molecular flexibility index (Phi) is 11.4. The molecule has 0 unspecified atom stereocenters. The van der Waals surface area contributed by atoms with E-state index in [-0.39, 0.29) is 51.0 Å². The molecule has 4 heteroatoms. The van der Waals surface area contributed by atoms with E-state index in [1.54, 1.807) is 0 Å². The van der Waals surface area contributed by atoms with Crippen LogP contribution in [-0.2, 0) is 32.6 Å². The van der Waals surface area contributed by atoms with Gasteiger partial charge in [-0.05, 0) is 16.5 Å². The summed E-state index contributed by atoms with van der Waals surface area (Å²) >= 11 is 0. The summed E-state index contributed by atoms with van der Waals surface area (Å²) in [6.07, 6.45) is 8.24. The maximum Gasteiger partial charge on any atom is 4.00 e. The molecule has 1 aromatic heterocycles. The SMILES string of the molecule is CCCC[c-]1cccc1.[Cl-].[Cl-].[Zr+4].c1ccc2cn(-c3cc4ccccc4[cH-]3)cc2c1. The summed E-state index contributed by atoms with van der Waals surface area (Å²) in [4.78, 5) is 0. The summed E-state index contributed by atoms with van der Waals surface area (Å²) < 4.78 is 2.20. The van der Waals surface area contributed by atoms with Gasteiger partial charge < -0.3 is 29.4 Å². The van der Waals surface area contributed by atoms with Crippen molar-refractivity contribution in [3.8, 4) is 5.69 Å². The molecule has 5 aromatic rings. The van der Waals surface area contributed by atoms with Crippen LogP contribution in [0.5, 0.6) is 0 Å². The van der Waals surface area contributed by atoms with E-state index in [1.165, 1.54) is 52.1 Å². The van der Waals surface area contributed by atoms with E-state index in [4.69, 9.17) is 0 Å². The number of unbranched alkanes of at least 4 members (excludes halogenated alkanes) is 1. The Labute approximate surface area is 210 Å². The van der Waals surface area contributed by atoms with E-state index in [0.717, 1.165) is 0 Å². The van der Waals surface area contributed by atoms with Crippen LogP contribution in [0.1, 0.15) is 25.3 Å². The van der Waals surface area contributed by atoms with Crippen molar-refractivity contribution in [1.29, 1.82) is 0 Å². The van der Waals surface area contributed by atoms with Gasteiger partial charge in [0.1, 0.15) is 0 Å². The van der Waals surface area contributed by atoms with Gasteiger partial charge in [-0.1, -0.05) is 56.5 Å². The molecule has 0 N–H and O–H groups in total. The first-order valence-electron chi connectivity index (χ1n) is 9.76. The topological polar surface area (TPSA) is 4.93 Å². The fourth-order valence-corrected chi connectivity index (χ4v) is 3.48. The van der Waals surface area contributed by atoms with Crippen LogP contribution in [0.15, 0.2) is 97.3 Å². The van der Waals surface area contributed by atoms with Gasteiger partial charge in [0.05, 0.1) is 0 Å². The molecular formula is C26H25Cl2NZr. The molecule has 0 bridgehead atoms. The number of hydrogen-bond donors (Lipinski definition) is 0. The number of rotatable bonds is 4. The fraction of sp³-hybridized carbons (Fsp3) is 0.154. The Morgan fingerprint density at radius 1 is 0.800 bits per heavy atom. The maximum atomic E-state index is 2.23. The molecule has 5 rings (SSSR count). The molecule has 4 aromatic carbocycles. The number of nitrogens with zero attached hydrogens (tertiary/aromatic N) is 1. The first-order valence-corrected chi connectivity index (χ1v) is 9.76. The van der Waals surface area contributed by atoms with Gasteiger partial charge >= 0.3 is 26.2 Å². The van der Waals surface area contributed by atoms with Crippen LogP contribution in [0.3, 0.4) is 0 Å². The van der Waals surface area contributed by atoms with Crippen molar-refractivity contribution in [3.05, 3.63) is 103 Å². The Balaban J connectivity index is 0.000000327. The molecule has 0 fully saturated rings. The summed E-state index contributed by atoms with van der Waals surface area (Å²) in [6.45, 7) is 2.23. The molecule has 0 aliphatic carbocycles. The summed E-state index contributed by atoms with van der Waals surface area (Å²) in [7, 11) is 0. The second-order valence-electron chi connectivity index (χ2n) is 7.03. The zero-order valence-electron chi connectivity index (χ0n) is 17.1. The number of aromatic nitrogens is 1. The van der Waals surface area contributed by atoms with Crippen molar-refractivity contribution >= 4 is 21.5 Å². The first kappa shape index (κ1) is 26.4. The molecule has 0 radical (unpaired) electrons. The normalized spacial score (nSPS) is 9.77. The van der Waals surface area contributed by atoms with Gasteiger partial charge in [-0.15, -0.1) is 41.1 Å². The van der Waals surface area contributed by atoms with Crippen molar-refractivity contribution in [1.82, 2.24) is 4.57 Å². The van der Waals surface area contributed by atoms with E-state index in [9.17, 15) is 0 Å². The van der Waals surface area contributed by atoms with Crippen molar-refractivity contribution in [2.45, 2.75) is 26.2 Å². The molecule has 1 nitrogen and oxygen atoms in total. The van der Waals surface area contributed by atoms with Crippen LogP contribution in [0.2, 0.25) is 0 Å². The minimum absolute atomic E-state index is 0. The fourth-order valence-electron chi connectivity index (χ4n) is 3.48. The van der Waals surface area contributed by atoms with E-state index in [1.807, 2.05) is 0 Å². The number of aryl methyl sites for hydroxylation is 1. The molecular weight excluding hydrogens is 488 g/mol. The summed E-state index contributed by atoms with van der Waals surface area (Å²) in [5.41, 5.74) is 2.71. The Morgan fingerprint density at radius 3 is 1.93 bits per heavy atom. The molecule has 152 valence electrons. The van der Waals surface area contributed by atoms with Crippen molar-refractivity contribution < 1.29 is 51.0 Å². The molecule has 30 heavy (non-hydrogen) atoms. The quantitative estimate of drug-likeness (QED) is 0.319. The third kappa shape index (κ3) is 6.45. The number of hydrogen-bond acceptors (Lipinski definition) is 0. The average molecular weight is 514 g/mol. The number of benzene rings is 2. The van der Waals surface area contributed by atoms with Gasteiger partial charge in [0.2, 0.25) is 0 Å². The van der Waals surface area contributed by atoms with Gasteiger partial charge in [0, 0.05) is 12.4 Å². The number of halogens is 2. The first-order chi connectivity index (χ1) is 13.3. The predicted molar refractivity (Wildman–Crippen MR) is 117 cm³/mol. The minimum atomic E-state index is 0. The van der Waals surface area contributed by atoms with E-state index in [0.29, 0.717) is 0 Å². The predicted octanol–water partition coefficient (Wildman–Crippen LogP) is 1.26. The van der Waals surface area contributed by atoms with Gasteiger partial charge in [0.25, 0.3) is 0 Å². The molecule has 0 saturated carbocycles. The molecule has 0 spiro atoms. The van der Waals surface area contributed by atoms with Crippen LogP contribution < -0.4 is 24.8 Å². The van der Waals surface area contributed by atoms with Crippen LogP contribution in [0.4, 0.5) is 0 Å². The second-order valence-corrected chi connectivity index (χ2v) is 7.03. The van der Waals surface area contributed by atoms with E-state index in [2.05, 4.69) is 109 Å². The monoisotopic (exact) mass is 511 g/mol. The zero-order valence-corrected chi connectivity index (χ0v) is 21.0. The van der Waals surface area contributed by atoms with E-state index < -0.39 is 0 Å².